The first-order valence-corrected chi connectivity index (χ1v) is 19.9. The Balaban J connectivity index is 1.88. The van der Waals surface area contributed by atoms with Gasteiger partial charge in [0.2, 0.25) is 0 Å². The second kappa shape index (κ2) is 18.4. The van der Waals surface area contributed by atoms with Crippen molar-refractivity contribution in [1.29, 1.82) is 0 Å². The summed E-state index contributed by atoms with van der Waals surface area (Å²) < 4.78 is 67.3. The van der Waals surface area contributed by atoms with E-state index in [1.54, 1.807) is 67.5 Å². The number of cyclic esters (lactones) is 1. The number of fused-ring (bicyclic) bond motifs is 1. The summed E-state index contributed by atoms with van der Waals surface area (Å²) in [5.74, 6) is -5.34. The van der Waals surface area contributed by atoms with E-state index in [4.69, 9.17) is 52.1 Å². The van der Waals surface area contributed by atoms with E-state index >= 15 is 0 Å². The molecule has 0 aromatic rings. The minimum absolute atomic E-state index is 0.0977. The van der Waals surface area contributed by atoms with Crippen molar-refractivity contribution in [1.82, 2.24) is 0 Å². The van der Waals surface area contributed by atoms with Gasteiger partial charge in [-0.3, -0.25) is 19.2 Å². The summed E-state index contributed by atoms with van der Waals surface area (Å²) in [7, 11) is 3.00. The number of rotatable bonds is 9. The molecule has 4 aliphatic heterocycles. The van der Waals surface area contributed by atoms with E-state index in [0.29, 0.717) is 0 Å². The average Bonchev–Trinajstić information content (AvgIpc) is 3.46. The zero-order valence-corrected chi connectivity index (χ0v) is 35.9. The molecule has 17 atom stereocenters. The number of ether oxygens (including phenoxy) is 11. The van der Waals surface area contributed by atoms with Crippen LogP contribution < -0.4 is 0 Å². The Labute approximate surface area is 336 Å². The standard InChI is InChI=1S/C41H64O16/c1-15-29-41(12)34(56-38(46)57-41)22(4)31(44)20(2)18-39(10,47-13)33(55-37-28(51-26(8)42)17-16-21(3)49-37)23(5)32(24(6)36(45)53-29)54-30-19-40(11,48-14)35(25(7)50-30)52-27(9)43/h16-17,20-25,28-30,32-35,37H,15,18-19H2,1-14H3/t20-,21-,22+,23+,24-,25+,28-,29-,30+,32+,33-,34?,35+,37+,39-,40-,41-/m1/s1. The third-order valence-electron chi connectivity index (χ3n) is 12.2. The highest BCUT2D eigenvalue weighted by molar-refractivity contribution is 5.84. The van der Waals surface area contributed by atoms with E-state index < -0.39 is 126 Å². The van der Waals surface area contributed by atoms with Crippen LogP contribution in [-0.2, 0) is 71.3 Å². The second-order valence-electron chi connectivity index (χ2n) is 16.7. The summed E-state index contributed by atoms with van der Waals surface area (Å²) >= 11 is 0. The normalized spacial score (nSPS) is 44.5. The molecule has 0 saturated carbocycles. The monoisotopic (exact) mass is 812 g/mol. The van der Waals surface area contributed by atoms with Crippen molar-refractivity contribution in [3.63, 3.8) is 0 Å². The maximum Gasteiger partial charge on any atom is 0.509 e. The minimum atomic E-state index is -1.50. The van der Waals surface area contributed by atoms with Crippen molar-refractivity contribution in [2.24, 2.45) is 23.7 Å². The Morgan fingerprint density at radius 1 is 0.789 bits per heavy atom. The molecule has 0 aliphatic carbocycles. The van der Waals surface area contributed by atoms with Gasteiger partial charge in [-0.2, -0.15) is 0 Å². The highest BCUT2D eigenvalue weighted by Gasteiger charge is 2.59. The van der Waals surface area contributed by atoms with E-state index in [1.165, 1.54) is 28.1 Å². The zero-order valence-electron chi connectivity index (χ0n) is 35.9. The fraction of sp³-hybridized carbons (Fsp3) is 0.829. The van der Waals surface area contributed by atoms with E-state index in [9.17, 15) is 24.0 Å². The molecule has 324 valence electrons. The number of hydrogen-bond donors (Lipinski definition) is 0. The first kappa shape index (κ1) is 46.5. The molecule has 4 rings (SSSR count). The molecule has 0 spiro atoms. The number of carbonyl (C=O) groups excluding carboxylic acids is 5. The summed E-state index contributed by atoms with van der Waals surface area (Å²) in [5.41, 5.74) is -3.84. The van der Waals surface area contributed by atoms with Gasteiger partial charge < -0.3 is 52.1 Å². The van der Waals surface area contributed by atoms with Crippen LogP contribution in [0.2, 0.25) is 0 Å². The van der Waals surface area contributed by atoms with Crippen LogP contribution in [0.1, 0.15) is 102 Å². The smallest absolute Gasteiger partial charge is 0.458 e. The van der Waals surface area contributed by atoms with Crippen molar-refractivity contribution >= 4 is 29.8 Å². The van der Waals surface area contributed by atoms with Gasteiger partial charge in [0.15, 0.2) is 36.5 Å². The number of carbonyl (C=O) groups is 5. The van der Waals surface area contributed by atoms with E-state index in [1.807, 2.05) is 13.8 Å². The number of hydrogen-bond acceptors (Lipinski definition) is 16. The lowest BCUT2D eigenvalue weighted by atomic mass is 9.74. The van der Waals surface area contributed by atoms with Crippen LogP contribution in [0.4, 0.5) is 4.79 Å². The van der Waals surface area contributed by atoms with Crippen molar-refractivity contribution in [2.75, 3.05) is 14.2 Å². The van der Waals surface area contributed by atoms with Crippen LogP contribution in [-0.4, -0.2) is 122 Å². The van der Waals surface area contributed by atoms with Gasteiger partial charge in [0, 0.05) is 46.3 Å². The molecule has 4 aliphatic rings. The highest BCUT2D eigenvalue weighted by atomic mass is 16.8. The molecule has 3 saturated heterocycles. The maximum absolute atomic E-state index is 14.5. The first-order chi connectivity index (χ1) is 26.5. The Kier molecular flexibility index (Phi) is 15.0. The lowest BCUT2D eigenvalue weighted by Crippen LogP contribution is -2.60. The topological polar surface area (TPSA) is 187 Å². The summed E-state index contributed by atoms with van der Waals surface area (Å²) in [6, 6.07) is 0. The molecule has 0 aromatic carbocycles. The lowest BCUT2D eigenvalue weighted by Gasteiger charge is -2.49. The highest BCUT2D eigenvalue weighted by Crippen LogP contribution is 2.44. The van der Waals surface area contributed by atoms with Crippen molar-refractivity contribution in [2.45, 2.75) is 181 Å². The molecule has 0 aromatic heterocycles. The molecule has 16 heteroatoms. The first-order valence-electron chi connectivity index (χ1n) is 19.9. The van der Waals surface area contributed by atoms with Gasteiger partial charge in [-0.15, -0.1) is 0 Å². The molecule has 0 bridgehead atoms. The molecule has 4 heterocycles. The number of Topliss-reactive ketones (excluding diaryl/α,β-unsaturated/α-hetero) is 1. The molecule has 16 nitrogen and oxygen atoms in total. The predicted octanol–water partition coefficient (Wildman–Crippen LogP) is 5.00. The van der Waals surface area contributed by atoms with Crippen molar-refractivity contribution < 1.29 is 76.1 Å². The predicted molar refractivity (Wildman–Crippen MR) is 200 cm³/mol. The van der Waals surface area contributed by atoms with Crippen molar-refractivity contribution in [3.8, 4) is 0 Å². The molecule has 0 radical (unpaired) electrons. The van der Waals surface area contributed by atoms with E-state index in [-0.39, 0.29) is 25.0 Å². The second-order valence-corrected chi connectivity index (χ2v) is 16.7. The van der Waals surface area contributed by atoms with Gasteiger partial charge >= 0.3 is 24.1 Å². The van der Waals surface area contributed by atoms with Gasteiger partial charge in [-0.1, -0.05) is 33.8 Å². The number of esters is 3. The molecular weight excluding hydrogens is 748 g/mol. The Morgan fingerprint density at radius 2 is 1.40 bits per heavy atom. The fourth-order valence-corrected chi connectivity index (χ4v) is 9.02. The largest absolute Gasteiger partial charge is 0.509 e. The fourth-order valence-electron chi connectivity index (χ4n) is 9.02. The van der Waals surface area contributed by atoms with Gasteiger partial charge in [-0.05, 0) is 60.5 Å². The zero-order chi connectivity index (χ0) is 42.8. The third-order valence-corrected chi connectivity index (χ3v) is 12.2. The molecule has 57 heavy (non-hydrogen) atoms. The van der Waals surface area contributed by atoms with Gasteiger partial charge in [-0.25, -0.2) is 4.79 Å². The third kappa shape index (κ3) is 10.0. The SMILES string of the molecule is CC[C@H]1OC(=O)[C@H](C)[C@@H](O[C@H]2C[C@@](C)(OC)[C@@H](OC(C)=O)[C@H](C)O2)[C@H](C)[C@@H](O[C@@H]2O[C@H](C)C=C[C@H]2OC(C)=O)[C@](C)(OC)C[C@@H](C)C(=O)[C@H](C)C2OC(=O)O[C@@]21C. The van der Waals surface area contributed by atoms with Crippen LogP contribution >= 0.6 is 0 Å². The summed E-state index contributed by atoms with van der Waals surface area (Å²) in [6.07, 6.45) is -6.21. The summed E-state index contributed by atoms with van der Waals surface area (Å²) in [5, 5.41) is 0. The Hall–Kier alpha value is -3.15. The summed E-state index contributed by atoms with van der Waals surface area (Å²) in [6.45, 7) is 20.0. The Morgan fingerprint density at radius 3 is 1.98 bits per heavy atom. The molecule has 0 amide bonds. The molecular formula is C41H64O16. The number of ketones is 1. The van der Waals surface area contributed by atoms with Crippen LogP contribution in [0.15, 0.2) is 12.2 Å². The minimum Gasteiger partial charge on any atom is -0.458 e. The maximum atomic E-state index is 14.5. The molecule has 3 fully saturated rings. The number of methoxy groups -OCH3 is 2. The van der Waals surface area contributed by atoms with E-state index in [2.05, 4.69) is 0 Å². The van der Waals surface area contributed by atoms with E-state index in [0.717, 1.165) is 0 Å². The average molecular weight is 813 g/mol. The van der Waals surface area contributed by atoms with Crippen LogP contribution in [0.3, 0.4) is 0 Å². The van der Waals surface area contributed by atoms with Crippen molar-refractivity contribution in [3.05, 3.63) is 12.2 Å². The van der Waals surface area contributed by atoms with Gasteiger partial charge in [0.1, 0.15) is 17.5 Å². The summed E-state index contributed by atoms with van der Waals surface area (Å²) in [4.78, 5) is 65.9. The lowest BCUT2D eigenvalue weighted by molar-refractivity contribution is -0.311. The quantitative estimate of drug-likeness (QED) is 0.172. The van der Waals surface area contributed by atoms with Crippen LogP contribution in [0, 0.1) is 23.7 Å². The van der Waals surface area contributed by atoms with Crippen LogP contribution in [0.25, 0.3) is 0 Å². The van der Waals surface area contributed by atoms with Gasteiger partial charge in [0.05, 0.1) is 41.9 Å². The Bertz CT molecular complexity index is 1500. The molecule has 0 N–H and O–H groups in total. The molecule has 1 unspecified atom stereocenters. The van der Waals surface area contributed by atoms with Gasteiger partial charge in [0.25, 0.3) is 0 Å². The van der Waals surface area contributed by atoms with Crippen LogP contribution in [0.5, 0.6) is 0 Å².